The second-order valence-electron chi connectivity index (χ2n) is 4.77. The molecular weight excluding hydrogens is 260 g/mol. The molecule has 0 saturated heterocycles. The number of hydrogen-bond donors (Lipinski definition) is 1. The van der Waals surface area contributed by atoms with Crippen molar-refractivity contribution >= 4 is 17.2 Å². The first-order chi connectivity index (χ1) is 9.24. The van der Waals surface area contributed by atoms with Crippen molar-refractivity contribution in [1.82, 2.24) is 20.1 Å². The Bertz CT molecular complexity index is 575. The second-order valence-corrected chi connectivity index (χ2v) is 5.81. The summed E-state index contributed by atoms with van der Waals surface area (Å²) in [5.74, 6) is 1.94. The third-order valence-corrected chi connectivity index (χ3v) is 4.19. The topological polar surface area (TPSA) is 59.8 Å². The van der Waals surface area contributed by atoms with Crippen LogP contribution in [0.15, 0.2) is 17.5 Å². The summed E-state index contributed by atoms with van der Waals surface area (Å²) < 4.78 is 2.12. The predicted molar refractivity (Wildman–Crippen MR) is 72.9 cm³/mol. The SMILES string of the molecule is C[C@@H](NC(=O)Cc1cccs1)c1nnc2n1CCC2. The highest BCUT2D eigenvalue weighted by atomic mass is 32.1. The van der Waals surface area contributed by atoms with Crippen molar-refractivity contribution in [2.24, 2.45) is 0 Å². The average molecular weight is 276 g/mol. The molecule has 19 heavy (non-hydrogen) atoms. The molecule has 6 heteroatoms. The number of carbonyl (C=O) groups is 1. The lowest BCUT2D eigenvalue weighted by atomic mass is 10.2. The van der Waals surface area contributed by atoms with E-state index in [-0.39, 0.29) is 11.9 Å². The predicted octanol–water partition coefficient (Wildman–Crippen LogP) is 1.71. The van der Waals surface area contributed by atoms with Gasteiger partial charge in [0.1, 0.15) is 5.82 Å². The Balaban J connectivity index is 1.64. The molecule has 0 fully saturated rings. The van der Waals surface area contributed by atoms with Gasteiger partial charge in [-0.15, -0.1) is 21.5 Å². The van der Waals surface area contributed by atoms with Crippen LogP contribution in [0.3, 0.4) is 0 Å². The molecule has 100 valence electrons. The van der Waals surface area contributed by atoms with Crippen molar-refractivity contribution in [1.29, 1.82) is 0 Å². The Morgan fingerprint density at radius 1 is 1.58 bits per heavy atom. The number of fused-ring (bicyclic) bond motifs is 1. The van der Waals surface area contributed by atoms with Gasteiger partial charge >= 0.3 is 0 Å². The maximum absolute atomic E-state index is 12.0. The summed E-state index contributed by atoms with van der Waals surface area (Å²) in [6.45, 7) is 2.92. The quantitative estimate of drug-likeness (QED) is 0.924. The normalized spacial score (nSPS) is 15.2. The smallest absolute Gasteiger partial charge is 0.225 e. The molecule has 0 bridgehead atoms. The summed E-state index contributed by atoms with van der Waals surface area (Å²) in [5, 5.41) is 13.3. The summed E-state index contributed by atoms with van der Waals surface area (Å²) in [6.07, 6.45) is 2.54. The zero-order chi connectivity index (χ0) is 13.2. The number of aromatic nitrogens is 3. The molecule has 0 saturated carbocycles. The zero-order valence-corrected chi connectivity index (χ0v) is 11.6. The lowest BCUT2D eigenvalue weighted by molar-refractivity contribution is -0.121. The molecule has 2 aromatic rings. The van der Waals surface area contributed by atoms with Crippen LogP contribution in [0.2, 0.25) is 0 Å². The standard InChI is InChI=1S/C13H16N4OS/c1-9(13-16-15-11-5-2-6-17(11)13)14-12(18)8-10-4-3-7-19-10/h3-4,7,9H,2,5-6,8H2,1H3,(H,14,18)/t9-/m1/s1. The molecule has 0 radical (unpaired) electrons. The van der Waals surface area contributed by atoms with Gasteiger partial charge in [0, 0.05) is 17.8 Å². The number of hydrogen-bond acceptors (Lipinski definition) is 4. The molecule has 0 aromatic carbocycles. The van der Waals surface area contributed by atoms with Crippen LogP contribution in [-0.2, 0) is 24.2 Å². The molecule has 1 aliphatic heterocycles. The number of carbonyl (C=O) groups excluding carboxylic acids is 1. The third-order valence-electron chi connectivity index (χ3n) is 3.32. The molecule has 5 nitrogen and oxygen atoms in total. The van der Waals surface area contributed by atoms with Crippen molar-refractivity contribution in [3.8, 4) is 0 Å². The van der Waals surface area contributed by atoms with E-state index in [2.05, 4.69) is 20.1 Å². The van der Waals surface area contributed by atoms with E-state index in [1.54, 1.807) is 11.3 Å². The molecule has 0 aliphatic carbocycles. The number of nitrogens with one attached hydrogen (secondary N) is 1. The van der Waals surface area contributed by atoms with Gasteiger partial charge < -0.3 is 9.88 Å². The van der Waals surface area contributed by atoms with Gasteiger partial charge in [0.2, 0.25) is 5.91 Å². The fourth-order valence-corrected chi connectivity index (χ4v) is 3.13. The number of thiophene rings is 1. The van der Waals surface area contributed by atoms with Gasteiger partial charge in [-0.3, -0.25) is 4.79 Å². The third kappa shape index (κ3) is 2.53. The number of aryl methyl sites for hydroxylation is 1. The van der Waals surface area contributed by atoms with Crippen molar-refractivity contribution < 1.29 is 4.79 Å². The van der Waals surface area contributed by atoms with Gasteiger partial charge in [-0.2, -0.15) is 0 Å². The van der Waals surface area contributed by atoms with E-state index in [1.165, 1.54) is 0 Å². The van der Waals surface area contributed by atoms with Crippen molar-refractivity contribution in [3.05, 3.63) is 34.0 Å². The van der Waals surface area contributed by atoms with E-state index in [1.807, 2.05) is 24.4 Å². The van der Waals surface area contributed by atoms with Crippen LogP contribution < -0.4 is 5.32 Å². The fraction of sp³-hybridized carbons (Fsp3) is 0.462. The molecule has 1 atom stereocenters. The first-order valence-electron chi connectivity index (χ1n) is 6.48. The van der Waals surface area contributed by atoms with Crippen LogP contribution in [0, 0.1) is 0 Å². The fourth-order valence-electron chi connectivity index (χ4n) is 2.42. The van der Waals surface area contributed by atoms with Crippen LogP contribution in [-0.4, -0.2) is 20.7 Å². The lowest BCUT2D eigenvalue weighted by Gasteiger charge is -2.13. The van der Waals surface area contributed by atoms with E-state index in [0.29, 0.717) is 6.42 Å². The van der Waals surface area contributed by atoms with Gasteiger partial charge in [0.05, 0.1) is 12.5 Å². The zero-order valence-electron chi connectivity index (χ0n) is 10.8. The van der Waals surface area contributed by atoms with Gasteiger partial charge in [-0.05, 0) is 24.8 Å². The highest BCUT2D eigenvalue weighted by Crippen LogP contribution is 2.19. The maximum Gasteiger partial charge on any atom is 0.225 e. The van der Waals surface area contributed by atoms with Crippen LogP contribution in [0.4, 0.5) is 0 Å². The Hall–Kier alpha value is -1.69. The summed E-state index contributed by atoms with van der Waals surface area (Å²) in [6, 6.07) is 3.85. The highest BCUT2D eigenvalue weighted by Gasteiger charge is 2.22. The minimum atomic E-state index is -0.0909. The maximum atomic E-state index is 12.0. The molecule has 1 N–H and O–H groups in total. The van der Waals surface area contributed by atoms with Crippen LogP contribution in [0.1, 0.15) is 35.9 Å². The molecular formula is C13H16N4OS. The van der Waals surface area contributed by atoms with Crippen molar-refractivity contribution in [3.63, 3.8) is 0 Å². The largest absolute Gasteiger partial charge is 0.346 e. The van der Waals surface area contributed by atoms with Gasteiger partial charge in [-0.25, -0.2) is 0 Å². The number of rotatable bonds is 4. The summed E-state index contributed by atoms with van der Waals surface area (Å²) in [5.41, 5.74) is 0. The first kappa shape index (κ1) is 12.3. The molecule has 3 rings (SSSR count). The second kappa shape index (κ2) is 5.13. The van der Waals surface area contributed by atoms with Crippen molar-refractivity contribution in [2.75, 3.05) is 0 Å². The van der Waals surface area contributed by atoms with Gasteiger partial charge in [0.15, 0.2) is 5.82 Å². The van der Waals surface area contributed by atoms with Crippen LogP contribution >= 0.6 is 11.3 Å². The van der Waals surface area contributed by atoms with Crippen molar-refractivity contribution in [2.45, 2.75) is 38.8 Å². The minimum Gasteiger partial charge on any atom is -0.346 e. The van der Waals surface area contributed by atoms with E-state index in [4.69, 9.17) is 0 Å². The minimum absolute atomic E-state index is 0.0327. The van der Waals surface area contributed by atoms with E-state index >= 15 is 0 Å². The summed E-state index contributed by atoms with van der Waals surface area (Å²) in [7, 11) is 0. The van der Waals surface area contributed by atoms with E-state index in [0.717, 1.165) is 35.9 Å². The lowest BCUT2D eigenvalue weighted by Crippen LogP contribution is -2.29. The molecule has 1 amide bonds. The van der Waals surface area contributed by atoms with Crippen LogP contribution in [0.5, 0.6) is 0 Å². The Morgan fingerprint density at radius 3 is 3.26 bits per heavy atom. The highest BCUT2D eigenvalue weighted by molar-refractivity contribution is 7.10. The Labute approximate surface area is 115 Å². The summed E-state index contributed by atoms with van der Waals surface area (Å²) in [4.78, 5) is 13.0. The first-order valence-corrected chi connectivity index (χ1v) is 7.35. The Morgan fingerprint density at radius 2 is 2.47 bits per heavy atom. The summed E-state index contributed by atoms with van der Waals surface area (Å²) >= 11 is 1.60. The molecule has 2 aromatic heterocycles. The molecule has 1 aliphatic rings. The number of nitrogens with zero attached hydrogens (tertiary/aromatic N) is 3. The van der Waals surface area contributed by atoms with Gasteiger partial charge in [0.25, 0.3) is 0 Å². The molecule has 3 heterocycles. The van der Waals surface area contributed by atoms with Gasteiger partial charge in [-0.1, -0.05) is 6.07 Å². The molecule has 0 unspecified atom stereocenters. The average Bonchev–Trinajstić information content (AvgIpc) is 3.03. The Kier molecular flexibility index (Phi) is 3.33. The number of amides is 1. The molecule has 0 spiro atoms. The van der Waals surface area contributed by atoms with Crippen LogP contribution in [0.25, 0.3) is 0 Å². The van der Waals surface area contributed by atoms with E-state index < -0.39 is 0 Å². The monoisotopic (exact) mass is 276 g/mol. The van der Waals surface area contributed by atoms with E-state index in [9.17, 15) is 4.79 Å².